The Labute approximate surface area is 88.6 Å². The Bertz CT molecular complexity index is 341. The second-order valence-electron chi connectivity index (χ2n) is 3.18. The molecular weight excluding hydrogens is 194 g/mol. The summed E-state index contributed by atoms with van der Waals surface area (Å²) < 4.78 is 0. The number of hydrogen-bond acceptors (Lipinski definition) is 2. The Morgan fingerprint density at radius 2 is 2.36 bits per heavy atom. The lowest BCUT2D eigenvalue weighted by Crippen LogP contribution is -2.23. The smallest absolute Gasteiger partial charge is 0.243 e. The molecule has 0 saturated heterocycles. The minimum atomic E-state index is -0.102. The fourth-order valence-electron chi connectivity index (χ4n) is 1.32. The topological polar surface area (TPSA) is 29.1 Å². The highest BCUT2D eigenvalue weighted by molar-refractivity contribution is 7.12. The van der Waals surface area contributed by atoms with Crippen LogP contribution in [-0.2, 0) is 11.2 Å². The van der Waals surface area contributed by atoms with Crippen LogP contribution in [-0.4, -0.2) is 12.5 Å². The van der Waals surface area contributed by atoms with Crippen LogP contribution in [0.5, 0.6) is 0 Å². The van der Waals surface area contributed by atoms with E-state index in [2.05, 4.69) is 31.8 Å². The molecule has 14 heavy (non-hydrogen) atoms. The Morgan fingerprint density at radius 3 is 2.86 bits per heavy atom. The van der Waals surface area contributed by atoms with Crippen molar-refractivity contribution in [2.45, 2.75) is 20.3 Å². The van der Waals surface area contributed by atoms with Crippen LogP contribution in [0.3, 0.4) is 0 Å². The van der Waals surface area contributed by atoms with E-state index in [0.717, 1.165) is 6.42 Å². The van der Waals surface area contributed by atoms with Gasteiger partial charge in [-0.15, -0.1) is 11.3 Å². The summed E-state index contributed by atoms with van der Waals surface area (Å²) in [5, 5.41) is 2.76. The average Bonchev–Trinajstić information content (AvgIpc) is 2.45. The summed E-state index contributed by atoms with van der Waals surface area (Å²) in [7, 11) is 0. The molecule has 0 aliphatic rings. The van der Waals surface area contributed by atoms with Crippen molar-refractivity contribution in [3.63, 3.8) is 0 Å². The van der Waals surface area contributed by atoms with E-state index in [0.29, 0.717) is 6.54 Å². The van der Waals surface area contributed by atoms with Gasteiger partial charge in [0.2, 0.25) is 5.91 Å². The van der Waals surface area contributed by atoms with Crippen molar-refractivity contribution in [1.82, 2.24) is 5.32 Å². The van der Waals surface area contributed by atoms with E-state index in [9.17, 15) is 4.79 Å². The van der Waals surface area contributed by atoms with Crippen molar-refractivity contribution in [1.29, 1.82) is 0 Å². The third-order valence-electron chi connectivity index (χ3n) is 2.02. The second-order valence-corrected chi connectivity index (χ2v) is 4.64. The van der Waals surface area contributed by atoms with Gasteiger partial charge in [-0.3, -0.25) is 4.79 Å². The maximum absolute atomic E-state index is 10.9. The lowest BCUT2D eigenvalue weighted by molar-refractivity contribution is -0.116. The Balaban J connectivity index is 2.42. The first-order valence-electron chi connectivity index (χ1n) is 4.59. The molecule has 0 aromatic carbocycles. The van der Waals surface area contributed by atoms with Crippen LogP contribution in [0.2, 0.25) is 0 Å². The van der Waals surface area contributed by atoms with Crippen LogP contribution in [0.4, 0.5) is 0 Å². The summed E-state index contributed by atoms with van der Waals surface area (Å²) in [5.74, 6) is -0.102. The highest BCUT2D eigenvalue weighted by atomic mass is 32.1. The number of nitrogens with one attached hydrogen (secondary N) is 1. The van der Waals surface area contributed by atoms with E-state index in [1.54, 1.807) is 11.3 Å². The Hall–Kier alpha value is -1.09. The molecule has 2 nitrogen and oxygen atoms in total. The summed E-state index contributed by atoms with van der Waals surface area (Å²) in [6, 6.07) is 2.18. The minimum Gasteiger partial charge on any atom is -0.352 e. The van der Waals surface area contributed by atoms with E-state index in [1.807, 2.05) is 0 Å². The molecule has 0 atom stereocenters. The van der Waals surface area contributed by atoms with Gasteiger partial charge in [-0.2, -0.15) is 0 Å². The molecule has 1 amide bonds. The molecule has 1 heterocycles. The standard InChI is InChI=1S/C11H15NOS/c1-4-11(13)12-6-5-10-7-8(2)14-9(10)3/h4,7H,1,5-6H2,2-3H3,(H,12,13). The van der Waals surface area contributed by atoms with Gasteiger partial charge >= 0.3 is 0 Å². The summed E-state index contributed by atoms with van der Waals surface area (Å²) in [4.78, 5) is 13.5. The molecule has 0 aliphatic heterocycles. The first kappa shape index (κ1) is 11.0. The van der Waals surface area contributed by atoms with Crippen molar-refractivity contribution in [3.8, 4) is 0 Å². The SMILES string of the molecule is C=CC(=O)NCCc1cc(C)sc1C. The number of hydrogen-bond donors (Lipinski definition) is 1. The molecule has 0 radical (unpaired) electrons. The highest BCUT2D eigenvalue weighted by Gasteiger charge is 2.02. The monoisotopic (exact) mass is 209 g/mol. The largest absolute Gasteiger partial charge is 0.352 e. The van der Waals surface area contributed by atoms with Crippen molar-refractivity contribution in [2.75, 3.05) is 6.54 Å². The van der Waals surface area contributed by atoms with Crippen LogP contribution in [0.1, 0.15) is 15.3 Å². The maximum atomic E-state index is 10.9. The number of carbonyl (C=O) groups excluding carboxylic acids is 1. The summed E-state index contributed by atoms with van der Waals surface area (Å²) in [6.45, 7) is 8.29. The zero-order valence-corrected chi connectivity index (χ0v) is 9.41. The van der Waals surface area contributed by atoms with Crippen molar-refractivity contribution in [3.05, 3.63) is 34.0 Å². The molecule has 1 rings (SSSR count). The molecule has 1 N–H and O–H groups in total. The van der Waals surface area contributed by atoms with Crippen molar-refractivity contribution < 1.29 is 4.79 Å². The van der Waals surface area contributed by atoms with Crippen molar-refractivity contribution in [2.24, 2.45) is 0 Å². The van der Waals surface area contributed by atoms with Gasteiger partial charge in [0, 0.05) is 16.3 Å². The van der Waals surface area contributed by atoms with Crippen LogP contribution in [0.15, 0.2) is 18.7 Å². The molecule has 0 fully saturated rings. The fraction of sp³-hybridized carbons (Fsp3) is 0.364. The van der Waals surface area contributed by atoms with Gasteiger partial charge in [0.05, 0.1) is 0 Å². The number of amides is 1. The van der Waals surface area contributed by atoms with E-state index >= 15 is 0 Å². The van der Waals surface area contributed by atoms with Crippen LogP contribution in [0, 0.1) is 13.8 Å². The van der Waals surface area contributed by atoms with Gasteiger partial charge in [0.1, 0.15) is 0 Å². The molecule has 1 aromatic heterocycles. The number of aryl methyl sites for hydroxylation is 2. The average molecular weight is 209 g/mol. The third-order valence-corrected chi connectivity index (χ3v) is 3.03. The van der Waals surface area contributed by atoms with E-state index in [1.165, 1.54) is 21.4 Å². The summed E-state index contributed by atoms with van der Waals surface area (Å²) in [5.41, 5.74) is 1.33. The lowest BCUT2D eigenvalue weighted by atomic mass is 10.2. The molecule has 3 heteroatoms. The molecule has 1 aromatic rings. The summed E-state index contributed by atoms with van der Waals surface area (Å²) in [6.07, 6.45) is 2.20. The molecule has 0 aliphatic carbocycles. The van der Waals surface area contributed by atoms with Gasteiger partial charge in [0.25, 0.3) is 0 Å². The lowest BCUT2D eigenvalue weighted by Gasteiger charge is -2.01. The zero-order chi connectivity index (χ0) is 10.6. The summed E-state index contributed by atoms with van der Waals surface area (Å²) >= 11 is 1.80. The van der Waals surface area contributed by atoms with Crippen LogP contribution in [0.25, 0.3) is 0 Å². The quantitative estimate of drug-likeness (QED) is 0.757. The Morgan fingerprint density at radius 1 is 1.64 bits per heavy atom. The maximum Gasteiger partial charge on any atom is 0.243 e. The normalized spacial score (nSPS) is 9.86. The van der Waals surface area contributed by atoms with Gasteiger partial charge in [-0.25, -0.2) is 0 Å². The molecule has 0 spiro atoms. The first-order valence-corrected chi connectivity index (χ1v) is 5.41. The van der Waals surface area contributed by atoms with Gasteiger partial charge in [-0.05, 0) is 38.0 Å². The minimum absolute atomic E-state index is 0.102. The van der Waals surface area contributed by atoms with Crippen LogP contribution >= 0.6 is 11.3 Å². The molecule has 76 valence electrons. The fourth-order valence-corrected chi connectivity index (χ4v) is 2.30. The van der Waals surface area contributed by atoms with Crippen LogP contribution < -0.4 is 5.32 Å². The Kier molecular flexibility index (Phi) is 3.89. The number of thiophene rings is 1. The molecule has 0 unspecified atom stereocenters. The zero-order valence-electron chi connectivity index (χ0n) is 8.59. The second kappa shape index (κ2) is 4.96. The first-order chi connectivity index (χ1) is 6.63. The predicted octanol–water partition coefficient (Wildman–Crippen LogP) is 2.21. The van der Waals surface area contributed by atoms with E-state index in [4.69, 9.17) is 0 Å². The molecule has 0 bridgehead atoms. The predicted molar refractivity (Wildman–Crippen MR) is 60.7 cm³/mol. The van der Waals surface area contributed by atoms with Gasteiger partial charge < -0.3 is 5.32 Å². The van der Waals surface area contributed by atoms with Gasteiger partial charge in [-0.1, -0.05) is 6.58 Å². The van der Waals surface area contributed by atoms with E-state index in [-0.39, 0.29) is 5.91 Å². The van der Waals surface area contributed by atoms with Gasteiger partial charge in [0.15, 0.2) is 0 Å². The molecule has 0 saturated carbocycles. The number of carbonyl (C=O) groups is 1. The van der Waals surface area contributed by atoms with Crippen molar-refractivity contribution >= 4 is 17.2 Å². The number of rotatable bonds is 4. The van der Waals surface area contributed by atoms with E-state index < -0.39 is 0 Å². The molecular formula is C11H15NOS. The third kappa shape index (κ3) is 3.00. The highest BCUT2D eigenvalue weighted by Crippen LogP contribution is 2.20.